The molecule has 104 valence electrons. The molecule has 1 aliphatic rings. The average Bonchev–Trinajstić information content (AvgIpc) is 2.41. The van der Waals surface area contributed by atoms with E-state index < -0.39 is 0 Å². The molecule has 1 aromatic rings. The van der Waals surface area contributed by atoms with Crippen LogP contribution in [0.3, 0.4) is 0 Å². The third-order valence-electron chi connectivity index (χ3n) is 3.55. The van der Waals surface area contributed by atoms with E-state index in [1.807, 2.05) is 4.90 Å². The number of pyridine rings is 1. The van der Waals surface area contributed by atoms with Gasteiger partial charge in [-0.3, -0.25) is 4.79 Å². The highest BCUT2D eigenvalue weighted by Gasteiger charge is 2.27. The van der Waals surface area contributed by atoms with Gasteiger partial charge in [0.15, 0.2) is 0 Å². The van der Waals surface area contributed by atoms with Crippen LogP contribution in [0.2, 0.25) is 5.02 Å². The largest absolute Gasteiger partial charge is 0.373 e. The van der Waals surface area contributed by atoms with Crippen LogP contribution in [0, 0.1) is 0 Å². The molecule has 19 heavy (non-hydrogen) atoms. The predicted octanol–water partition coefficient (Wildman–Crippen LogP) is 1.55. The van der Waals surface area contributed by atoms with Crippen molar-refractivity contribution >= 4 is 23.3 Å². The number of rotatable bonds is 2. The van der Waals surface area contributed by atoms with Crippen molar-refractivity contribution in [3.63, 3.8) is 0 Å². The fraction of sp³-hybridized carbons (Fsp3) is 0.538. The lowest BCUT2D eigenvalue weighted by Gasteiger charge is -2.37. The molecular formula is C13H19ClN4O. The quantitative estimate of drug-likeness (QED) is 0.894. The van der Waals surface area contributed by atoms with Crippen molar-refractivity contribution in [3.05, 3.63) is 22.8 Å². The summed E-state index contributed by atoms with van der Waals surface area (Å²) in [5.41, 5.74) is 0.324. The molecule has 0 aliphatic carbocycles. The number of hydrogen-bond acceptors (Lipinski definition) is 4. The molecule has 1 atom stereocenters. The highest BCUT2D eigenvalue weighted by atomic mass is 35.5. The molecule has 1 saturated heterocycles. The van der Waals surface area contributed by atoms with Gasteiger partial charge in [0.05, 0.1) is 5.02 Å². The van der Waals surface area contributed by atoms with E-state index in [2.05, 4.69) is 29.2 Å². The minimum atomic E-state index is -0.0953. The lowest BCUT2D eigenvalue weighted by molar-refractivity contribution is 0.0567. The van der Waals surface area contributed by atoms with Gasteiger partial charge in [-0.15, -0.1) is 0 Å². The first-order chi connectivity index (χ1) is 9.02. The van der Waals surface area contributed by atoms with E-state index in [0.29, 0.717) is 35.7 Å². The van der Waals surface area contributed by atoms with Crippen LogP contribution < -0.4 is 5.32 Å². The first kappa shape index (κ1) is 14.1. The summed E-state index contributed by atoms with van der Waals surface area (Å²) < 4.78 is 0. The van der Waals surface area contributed by atoms with Gasteiger partial charge in [0, 0.05) is 32.7 Å². The van der Waals surface area contributed by atoms with Crippen molar-refractivity contribution in [2.24, 2.45) is 0 Å². The maximum absolute atomic E-state index is 12.5. The zero-order chi connectivity index (χ0) is 14.0. The second-order valence-corrected chi connectivity index (χ2v) is 5.26. The monoisotopic (exact) mass is 282 g/mol. The van der Waals surface area contributed by atoms with Crippen LogP contribution in [0.1, 0.15) is 17.4 Å². The van der Waals surface area contributed by atoms with Crippen LogP contribution in [0.15, 0.2) is 12.1 Å². The van der Waals surface area contributed by atoms with Crippen molar-refractivity contribution in [2.45, 2.75) is 13.0 Å². The summed E-state index contributed by atoms with van der Waals surface area (Å²) in [6.07, 6.45) is 0. The number of carbonyl (C=O) groups is 1. The van der Waals surface area contributed by atoms with Gasteiger partial charge in [-0.25, -0.2) is 4.98 Å². The zero-order valence-electron chi connectivity index (χ0n) is 11.5. The molecule has 0 radical (unpaired) electrons. The van der Waals surface area contributed by atoms with E-state index in [-0.39, 0.29) is 5.91 Å². The fourth-order valence-corrected chi connectivity index (χ4v) is 2.30. The van der Waals surface area contributed by atoms with Crippen molar-refractivity contribution in [1.29, 1.82) is 0 Å². The SMILES string of the molecule is CNc1ccc(Cl)c(C(=O)N2CCN(C)C(C)C2)n1. The Balaban J connectivity index is 2.20. The molecule has 5 nitrogen and oxygen atoms in total. The molecule has 1 unspecified atom stereocenters. The second-order valence-electron chi connectivity index (χ2n) is 4.86. The summed E-state index contributed by atoms with van der Waals surface area (Å²) in [5, 5.41) is 3.32. The van der Waals surface area contributed by atoms with Crippen LogP contribution >= 0.6 is 11.6 Å². The molecule has 0 saturated carbocycles. The van der Waals surface area contributed by atoms with Crippen molar-refractivity contribution in [3.8, 4) is 0 Å². The molecule has 6 heteroatoms. The average molecular weight is 283 g/mol. The van der Waals surface area contributed by atoms with E-state index in [4.69, 9.17) is 11.6 Å². The summed E-state index contributed by atoms with van der Waals surface area (Å²) in [7, 11) is 3.84. The molecule has 1 aromatic heterocycles. The van der Waals surface area contributed by atoms with Crippen LogP contribution in [-0.2, 0) is 0 Å². The Hall–Kier alpha value is -1.33. The molecule has 0 aromatic carbocycles. The predicted molar refractivity (Wildman–Crippen MR) is 76.8 cm³/mol. The highest BCUT2D eigenvalue weighted by Crippen LogP contribution is 2.19. The number of likely N-dealkylation sites (N-methyl/N-ethyl adjacent to an activating group) is 1. The third kappa shape index (κ3) is 2.98. The Bertz CT molecular complexity index is 480. The van der Waals surface area contributed by atoms with Crippen molar-refractivity contribution in [2.75, 3.05) is 39.0 Å². The van der Waals surface area contributed by atoms with Gasteiger partial charge < -0.3 is 15.1 Å². The Morgan fingerprint density at radius 3 is 2.84 bits per heavy atom. The maximum Gasteiger partial charge on any atom is 0.274 e. The molecular weight excluding hydrogens is 264 g/mol. The summed E-state index contributed by atoms with van der Waals surface area (Å²) in [6, 6.07) is 3.81. The first-order valence-corrected chi connectivity index (χ1v) is 6.74. The van der Waals surface area contributed by atoms with E-state index >= 15 is 0 Å². The fourth-order valence-electron chi connectivity index (χ4n) is 2.11. The van der Waals surface area contributed by atoms with Gasteiger partial charge in [0.25, 0.3) is 5.91 Å². The molecule has 1 fully saturated rings. The Labute approximate surface area is 118 Å². The molecule has 1 aliphatic heterocycles. The smallest absolute Gasteiger partial charge is 0.274 e. The van der Waals surface area contributed by atoms with Gasteiger partial charge in [0.2, 0.25) is 0 Å². The van der Waals surface area contributed by atoms with E-state index in [1.54, 1.807) is 19.2 Å². The summed E-state index contributed by atoms with van der Waals surface area (Å²) >= 11 is 6.08. The Morgan fingerprint density at radius 2 is 2.21 bits per heavy atom. The molecule has 1 N–H and O–H groups in total. The van der Waals surface area contributed by atoms with Gasteiger partial charge >= 0.3 is 0 Å². The number of aromatic nitrogens is 1. The van der Waals surface area contributed by atoms with Gasteiger partial charge in [0.1, 0.15) is 11.5 Å². The van der Waals surface area contributed by atoms with E-state index in [0.717, 1.165) is 6.54 Å². The number of nitrogens with one attached hydrogen (secondary N) is 1. The summed E-state index contributed by atoms with van der Waals surface area (Å²) in [6.45, 7) is 4.40. The Kier molecular flexibility index (Phi) is 4.27. The van der Waals surface area contributed by atoms with Gasteiger partial charge in [-0.1, -0.05) is 11.6 Å². The van der Waals surface area contributed by atoms with Crippen LogP contribution in [0.5, 0.6) is 0 Å². The third-order valence-corrected chi connectivity index (χ3v) is 3.86. The normalized spacial score (nSPS) is 20.4. The Morgan fingerprint density at radius 1 is 1.47 bits per heavy atom. The highest BCUT2D eigenvalue weighted by molar-refractivity contribution is 6.33. The van der Waals surface area contributed by atoms with Gasteiger partial charge in [-0.05, 0) is 26.1 Å². The molecule has 2 heterocycles. The number of anilines is 1. The minimum Gasteiger partial charge on any atom is -0.373 e. The standard InChI is InChI=1S/C13H19ClN4O/c1-9-8-18(7-6-17(9)3)13(19)12-10(14)4-5-11(15-2)16-12/h4-5,9H,6-8H2,1-3H3,(H,15,16). The number of amides is 1. The number of halogens is 1. The van der Waals surface area contributed by atoms with Crippen LogP contribution in [0.4, 0.5) is 5.82 Å². The molecule has 0 bridgehead atoms. The topological polar surface area (TPSA) is 48.5 Å². The maximum atomic E-state index is 12.5. The van der Waals surface area contributed by atoms with Crippen LogP contribution in [0.25, 0.3) is 0 Å². The lowest BCUT2D eigenvalue weighted by atomic mass is 10.2. The van der Waals surface area contributed by atoms with E-state index in [9.17, 15) is 4.79 Å². The zero-order valence-corrected chi connectivity index (χ0v) is 12.2. The number of hydrogen-bond donors (Lipinski definition) is 1. The number of carbonyl (C=O) groups excluding carboxylic acids is 1. The summed E-state index contributed by atoms with van der Waals surface area (Å²) in [4.78, 5) is 20.8. The van der Waals surface area contributed by atoms with Crippen LogP contribution in [-0.4, -0.2) is 60.5 Å². The summed E-state index contributed by atoms with van der Waals surface area (Å²) in [5.74, 6) is 0.553. The first-order valence-electron chi connectivity index (χ1n) is 6.36. The second kappa shape index (κ2) is 5.75. The number of nitrogens with zero attached hydrogens (tertiary/aromatic N) is 3. The molecule has 1 amide bonds. The lowest BCUT2D eigenvalue weighted by Crippen LogP contribution is -2.52. The molecule has 2 rings (SSSR count). The van der Waals surface area contributed by atoms with Crippen molar-refractivity contribution in [1.82, 2.24) is 14.8 Å². The van der Waals surface area contributed by atoms with E-state index in [1.165, 1.54) is 0 Å². The van der Waals surface area contributed by atoms with Gasteiger partial charge in [-0.2, -0.15) is 0 Å². The van der Waals surface area contributed by atoms with Crippen molar-refractivity contribution < 1.29 is 4.79 Å². The number of piperazine rings is 1. The molecule has 0 spiro atoms. The minimum absolute atomic E-state index is 0.0953.